The Bertz CT molecular complexity index is 756. The molecular formula is C16H20Cl2N4OS. The number of carbonyl (C=O) groups is 1. The maximum absolute atomic E-state index is 12.4. The van der Waals surface area contributed by atoms with Crippen LogP contribution in [0.4, 0.5) is 0 Å². The molecule has 2 aromatic rings. The maximum atomic E-state index is 12.4. The number of aromatic amines is 1. The van der Waals surface area contributed by atoms with E-state index < -0.39 is 0 Å². The number of aromatic nitrogens is 2. The number of benzene rings is 1. The Morgan fingerprint density at radius 2 is 2.08 bits per heavy atom. The summed E-state index contributed by atoms with van der Waals surface area (Å²) in [7, 11) is 0. The van der Waals surface area contributed by atoms with Gasteiger partial charge in [-0.3, -0.25) is 9.89 Å². The summed E-state index contributed by atoms with van der Waals surface area (Å²) in [5, 5.41) is 14.9. The van der Waals surface area contributed by atoms with Crippen molar-refractivity contribution >= 4 is 59.5 Å². The lowest BCUT2D eigenvalue weighted by atomic mass is 9.98. The summed E-state index contributed by atoms with van der Waals surface area (Å²) >= 11 is 1.53. The van der Waals surface area contributed by atoms with E-state index in [1.807, 2.05) is 24.3 Å². The van der Waals surface area contributed by atoms with Gasteiger partial charge in [0.05, 0.1) is 16.1 Å². The van der Waals surface area contributed by atoms with Gasteiger partial charge in [-0.2, -0.15) is 5.10 Å². The topological polar surface area (TPSA) is 69.8 Å². The van der Waals surface area contributed by atoms with Crippen LogP contribution >= 0.6 is 36.6 Å². The number of amides is 1. The Kier molecular flexibility index (Phi) is 6.57. The standard InChI is InChI=1S/C16H18N4OS.2ClH/c21-16(18-9-10-4-6-17-7-5-10)14-8-12-15-11(19-20-12)2-1-3-13(15)22-14;;/h1-3,8,10,17H,4-7,9H2,(H,18,21)(H,19,20);2*1H. The van der Waals surface area contributed by atoms with Crippen LogP contribution in [0.2, 0.25) is 0 Å². The molecule has 0 aliphatic carbocycles. The Morgan fingerprint density at radius 1 is 1.29 bits per heavy atom. The van der Waals surface area contributed by atoms with Gasteiger partial charge in [-0.1, -0.05) is 17.8 Å². The number of hydrogen-bond acceptors (Lipinski definition) is 4. The number of thioether (sulfide) groups is 1. The quantitative estimate of drug-likeness (QED) is 0.758. The lowest BCUT2D eigenvalue weighted by Crippen LogP contribution is -2.36. The van der Waals surface area contributed by atoms with Crippen LogP contribution in [0.5, 0.6) is 0 Å². The molecule has 1 aromatic heterocycles. The largest absolute Gasteiger partial charge is 0.351 e. The van der Waals surface area contributed by atoms with E-state index in [1.165, 1.54) is 11.8 Å². The van der Waals surface area contributed by atoms with E-state index in [2.05, 4.69) is 20.8 Å². The molecule has 1 amide bonds. The number of rotatable bonds is 3. The SMILES string of the molecule is Cl.Cl.O=C(NCC1CCNCC1)C1=Cc2n[nH]c3cccc(c23)S1. The lowest BCUT2D eigenvalue weighted by Gasteiger charge is -2.23. The van der Waals surface area contributed by atoms with Crippen LogP contribution in [0.25, 0.3) is 17.0 Å². The first-order valence-corrected chi connectivity index (χ1v) is 8.48. The maximum Gasteiger partial charge on any atom is 0.258 e. The number of nitrogens with zero attached hydrogens (tertiary/aromatic N) is 1. The minimum absolute atomic E-state index is 0. The van der Waals surface area contributed by atoms with Gasteiger partial charge in [0, 0.05) is 16.8 Å². The molecule has 0 atom stereocenters. The van der Waals surface area contributed by atoms with Crippen LogP contribution in [-0.4, -0.2) is 35.7 Å². The van der Waals surface area contributed by atoms with E-state index in [0.717, 1.165) is 58.9 Å². The molecular weight excluding hydrogens is 367 g/mol. The fraction of sp³-hybridized carbons (Fsp3) is 0.375. The summed E-state index contributed by atoms with van der Waals surface area (Å²) in [5.74, 6) is 0.595. The molecule has 1 fully saturated rings. The molecule has 0 spiro atoms. The third-order valence-electron chi connectivity index (χ3n) is 4.30. The molecule has 2 aliphatic heterocycles. The average molecular weight is 387 g/mol. The van der Waals surface area contributed by atoms with Crippen molar-refractivity contribution in [1.29, 1.82) is 0 Å². The second kappa shape index (κ2) is 8.25. The predicted octanol–water partition coefficient (Wildman–Crippen LogP) is 2.97. The highest BCUT2D eigenvalue weighted by atomic mass is 35.5. The normalized spacial score (nSPS) is 16.8. The number of nitrogens with one attached hydrogen (secondary N) is 3. The van der Waals surface area contributed by atoms with Crippen LogP contribution in [0.1, 0.15) is 18.5 Å². The molecule has 3 N–H and O–H groups in total. The fourth-order valence-electron chi connectivity index (χ4n) is 3.05. The van der Waals surface area contributed by atoms with Crippen LogP contribution in [-0.2, 0) is 4.79 Å². The molecule has 1 saturated heterocycles. The summed E-state index contributed by atoms with van der Waals surface area (Å²) in [4.78, 5) is 14.3. The van der Waals surface area contributed by atoms with Crippen molar-refractivity contribution in [1.82, 2.24) is 20.8 Å². The first-order chi connectivity index (χ1) is 10.8. The van der Waals surface area contributed by atoms with Gasteiger partial charge in [-0.15, -0.1) is 24.8 Å². The van der Waals surface area contributed by atoms with Gasteiger partial charge in [-0.05, 0) is 50.1 Å². The smallest absolute Gasteiger partial charge is 0.258 e. The Balaban J connectivity index is 0.00000104. The molecule has 5 nitrogen and oxygen atoms in total. The third kappa shape index (κ3) is 3.72. The zero-order chi connectivity index (χ0) is 14.9. The van der Waals surface area contributed by atoms with Crippen LogP contribution in [0.3, 0.4) is 0 Å². The Hall–Kier alpha value is -1.21. The predicted molar refractivity (Wildman–Crippen MR) is 103 cm³/mol. The molecule has 0 saturated carbocycles. The van der Waals surface area contributed by atoms with Crippen molar-refractivity contribution in [2.45, 2.75) is 17.7 Å². The molecule has 24 heavy (non-hydrogen) atoms. The zero-order valence-electron chi connectivity index (χ0n) is 13.0. The van der Waals surface area contributed by atoms with E-state index >= 15 is 0 Å². The monoisotopic (exact) mass is 386 g/mol. The van der Waals surface area contributed by atoms with Gasteiger partial charge in [0.25, 0.3) is 5.91 Å². The molecule has 130 valence electrons. The van der Waals surface area contributed by atoms with Gasteiger partial charge in [0.1, 0.15) is 0 Å². The number of halogens is 2. The van der Waals surface area contributed by atoms with Crippen molar-refractivity contribution in [3.63, 3.8) is 0 Å². The van der Waals surface area contributed by atoms with E-state index in [1.54, 1.807) is 0 Å². The van der Waals surface area contributed by atoms with Gasteiger partial charge in [-0.25, -0.2) is 0 Å². The molecule has 2 aliphatic rings. The van der Waals surface area contributed by atoms with Crippen LogP contribution < -0.4 is 10.6 Å². The highest BCUT2D eigenvalue weighted by molar-refractivity contribution is 8.04. The van der Waals surface area contributed by atoms with Gasteiger partial charge < -0.3 is 10.6 Å². The van der Waals surface area contributed by atoms with E-state index in [4.69, 9.17) is 0 Å². The highest BCUT2D eigenvalue weighted by Gasteiger charge is 2.22. The average Bonchev–Trinajstić information content (AvgIpc) is 2.98. The molecule has 0 bridgehead atoms. The first-order valence-electron chi connectivity index (χ1n) is 7.67. The second-order valence-corrected chi connectivity index (χ2v) is 6.89. The minimum Gasteiger partial charge on any atom is -0.351 e. The van der Waals surface area contributed by atoms with Gasteiger partial charge in [0.15, 0.2) is 0 Å². The van der Waals surface area contributed by atoms with E-state index in [-0.39, 0.29) is 30.7 Å². The van der Waals surface area contributed by atoms with Crippen molar-refractivity contribution in [2.24, 2.45) is 5.92 Å². The summed E-state index contributed by atoms with van der Waals surface area (Å²) in [6, 6.07) is 6.04. The molecule has 3 heterocycles. The summed E-state index contributed by atoms with van der Waals surface area (Å²) in [6.07, 6.45) is 4.15. The minimum atomic E-state index is 0. The van der Waals surface area contributed by atoms with Crippen molar-refractivity contribution in [3.8, 4) is 0 Å². The molecule has 8 heteroatoms. The second-order valence-electron chi connectivity index (χ2n) is 5.80. The molecule has 0 radical (unpaired) electrons. The Labute approximate surface area is 157 Å². The van der Waals surface area contributed by atoms with E-state index in [0.29, 0.717) is 5.92 Å². The van der Waals surface area contributed by atoms with Crippen molar-refractivity contribution in [2.75, 3.05) is 19.6 Å². The van der Waals surface area contributed by atoms with Crippen LogP contribution in [0.15, 0.2) is 28.0 Å². The van der Waals surface area contributed by atoms with Gasteiger partial charge >= 0.3 is 0 Å². The number of hydrogen-bond donors (Lipinski definition) is 3. The number of carbonyl (C=O) groups excluding carboxylic acids is 1. The summed E-state index contributed by atoms with van der Waals surface area (Å²) < 4.78 is 0. The first kappa shape index (κ1) is 19.1. The summed E-state index contributed by atoms with van der Waals surface area (Å²) in [5.41, 5.74) is 1.88. The van der Waals surface area contributed by atoms with Crippen molar-refractivity contribution < 1.29 is 4.79 Å². The third-order valence-corrected chi connectivity index (χ3v) is 5.38. The van der Waals surface area contributed by atoms with Gasteiger partial charge in [0.2, 0.25) is 0 Å². The zero-order valence-corrected chi connectivity index (χ0v) is 15.5. The van der Waals surface area contributed by atoms with Crippen molar-refractivity contribution in [3.05, 3.63) is 28.8 Å². The van der Waals surface area contributed by atoms with E-state index in [9.17, 15) is 4.79 Å². The van der Waals surface area contributed by atoms with Crippen LogP contribution in [0, 0.1) is 5.92 Å². The number of piperidine rings is 1. The molecule has 0 unspecified atom stereocenters. The summed E-state index contributed by atoms with van der Waals surface area (Å²) in [6.45, 7) is 2.86. The highest BCUT2D eigenvalue weighted by Crippen LogP contribution is 2.39. The lowest BCUT2D eigenvalue weighted by molar-refractivity contribution is -0.116. The Morgan fingerprint density at radius 3 is 2.88 bits per heavy atom. The fourth-order valence-corrected chi connectivity index (χ4v) is 4.08. The molecule has 1 aromatic carbocycles. The molecule has 4 rings (SSSR count). The number of H-pyrrole nitrogens is 1.